The van der Waals surface area contributed by atoms with E-state index in [9.17, 15) is 0 Å². The van der Waals surface area contributed by atoms with Crippen LogP contribution in [0.2, 0.25) is 0 Å². The van der Waals surface area contributed by atoms with Crippen LogP contribution in [0.25, 0.3) is 0 Å². The SMILES string of the molecule is CSc1nc(N)cc(N2CCC(C)C2)n1. The largest absolute Gasteiger partial charge is 0.383 e. The summed E-state index contributed by atoms with van der Waals surface area (Å²) in [5, 5.41) is 0.754. The maximum Gasteiger partial charge on any atom is 0.191 e. The summed E-state index contributed by atoms with van der Waals surface area (Å²) in [6, 6.07) is 1.86. The van der Waals surface area contributed by atoms with Gasteiger partial charge in [-0.2, -0.15) is 0 Å². The van der Waals surface area contributed by atoms with Gasteiger partial charge in [0.05, 0.1) is 0 Å². The summed E-state index contributed by atoms with van der Waals surface area (Å²) < 4.78 is 0. The van der Waals surface area contributed by atoms with Gasteiger partial charge in [-0.25, -0.2) is 9.97 Å². The molecule has 1 aromatic rings. The Morgan fingerprint density at radius 1 is 1.53 bits per heavy atom. The van der Waals surface area contributed by atoms with Crippen LogP contribution in [0.15, 0.2) is 11.2 Å². The molecule has 15 heavy (non-hydrogen) atoms. The molecule has 0 aromatic carbocycles. The molecule has 1 aromatic heterocycles. The van der Waals surface area contributed by atoms with E-state index in [0.29, 0.717) is 5.82 Å². The molecule has 1 fully saturated rings. The zero-order valence-electron chi connectivity index (χ0n) is 9.10. The molecule has 2 rings (SSSR count). The number of aromatic nitrogens is 2. The highest BCUT2D eigenvalue weighted by Gasteiger charge is 2.20. The molecule has 0 aliphatic carbocycles. The van der Waals surface area contributed by atoms with E-state index in [1.807, 2.05) is 12.3 Å². The van der Waals surface area contributed by atoms with Gasteiger partial charge in [0.25, 0.3) is 0 Å². The van der Waals surface area contributed by atoms with Crippen molar-refractivity contribution in [2.24, 2.45) is 5.92 Å². The molecule has 4 nitrogen and oxygen atoms in total. The Morgan fingerprint density at radius 2 is 2.33 bits per heavy atom. The van der Waals surface area contributed by atoms with Crippen LogP contribution in [0.5, 0.6) is 0 Å². The number of nitrogen functional groups attached to an aromatic ring is 1. The molecule has 2 N–H and O–H groups in total. The Kier molecular flexibility index (Phi) is 3.00. The highest BCUT2D eigenvalue weighted by molar-refractivity contribution is 7.98. The maximum atomic E-state index is 5.75. The van der Waals surface area contributed by atoms with Crippen molar-refractivity contribution in [1.82, 2.24) is 9.97 Å². The highest BCUT2D eigenvalue weighted by Crippen LogP contribution is 2.24. The molecule has 1 saturated heterocycles. The predicted octanol–water partition coefficient (Wildman–Crippen LogP) is 1.63. The van der Waals surface area contributed by atoms with E-state index in [0.717, 1.165) is 30.0 Å². The average Bonchev–Trinajstić information content (AvgIpc) is 2.64. The van der Waals surface area contributed by atoms with Crippen LogP contribution in [0.3, 0.4) is 0 Å². The summed E-state index contributed by atoms with van der Waals surface area (Å²) in [5.41, 5.74) is 5.75. The van der Waals surface area contributed by atoms with E-state index in [2.05, 4.69) is 21.8 Å². The molecule has 1 aliphatic rings. The quantitative estimate of drug-likeness (QED) is 0.611. The second kappa shape index (κ2) is 4.26. The lowest BCUT2D eigenvalue weighted by molar-refractivity contribution is 0.658. The molecule has 82 valence electrons. The number of nitrogens with two attached hydrogens (primary N) is 1. The van der Waals surface area contributed by atoms with Crippen LogP contribution in [0.1, 0.15) is 13.3 Å². The van der Waals surface area contributed by atoms with Crippen LogP contribution in [-0.2, 0) is 0 Å². The van der Waals surface area contributed by atoms with Crippen LogP contribution < -0.4 is 10.6 Å². The number of rotatable bonds is 2. The summed E-state index contributed by atoms with van der Waals surface area (Å²) >= 11 is 1.53. The van der Waals surface area contributed by atoms with E-state index in [1.54, 1.807) is 0 Å². The van der Waals surface area contributed by atoms with Crippen LogP contribution >= 0.6 is 11.8 Å². The van der Waals surface area contributed by atoms with Gasteiger partial charge in [-0.1, -0.05) is 18.7 Å². The van der Waals surface area contributed by atoms with Gasteiger partial charge < -0.3 is 10.6 Å². The van der Waals surface area contributed by atoms with Crippen molar-refractivity contribution < 1.29 is 0 Å². The molecule has 0 bridgehead atoms. The van der Waals surface area contributed by atoms with Crippen molar-refractivity contribution in [2.75, 3.05) is 30.0 Å². The average molecular weight is 224 g/mol. The first-order valence-electron chi connectivity index (χ1n) is 5.12. The lowest BCUT2D eigenvalue weighted by Gasteiger charge is -2.17. The highest BCUT2D eigenvalue weighted by atomic mass is 32.2. The standard InChI is InChI=1S/C10H16N4S/c1-7-3-4-14(6-7)9-5-8(11)12-10(13-9)15-2/h5,7H,3-4,6H2,1-2H3,(H2,11,12,13). The van der Waals surface area contributed by atoms with Gasteiger partial charge in [0.1, 0.15) is 11.6 Å². The molecule has 0 amide bonds. The summed E-state index contributed by atoms with van der Waals surface area (Å²) in [4.78, 5) is 10.9. The van der Waals surface area contributed by atoms with Gasteiger partial charge in [0.15, 0.2) is 5.16 Å². The summed E-state index contributed by atoms with van der Waals surface area (Å²) in [5.74, 6) is 2.28. The van der Waals surface area contributed by atoms with Gasteiger partial charge >= 0.3 is 0 Å². The summed E-state index contributed by atoms with van der Waals surface area (Å²) in [7, 11) is 0. The molecule has 0 spiro atoms. The molecular formula is C10H16N4S. The Labute approximate surface area is 94.3 Å². The third-order valence-corrected chi connectivity index (χ3v) is 3.19. The van der Waals surface area contributed by atoms with E-state index in [1.165, 1.54) is 18.2 Å². The number of anilines is 2. The third kappa shape index (κ3) is 2.34. The second-order valence-corrected chi connectivity index (χ2v) is 4.75. The fourth-order valence-corrected chi connectivity index (χ4v) is 2.21. The van der Waals surface area contributed by atoms with Crippen molar-refractivity contribution in [1.29, 1.82) is 0 Å². The first kappa shape index (κ1) is 10.5. The Morgan fingerprint density at radius 3 is 2.93 bits per heavy atom. The minimum atomic E-state index is 0.559. The molecule has 1 unspecified atom stereocenters. The molecule has 1 atom stereocenters. The zero-order valence-corrected chi connectivity index (χ0v) is 9.92. The smallest absolute Gasteiger partial charge is 0.191 e. The Bertz CT molecular complexity index is 355. The Hall–Kier alpha value is -0.970. The second-order valence-electron chi connectivity index (χ2n) is 3.98. The third-order valence-electron chi connectivity index (χ3n) is 2.64. The number of hydrogen-bond acceptors (Lipinski definition) is 5. The Balaban J connectivity index is 2.24. The number of nitrogens with zero attached hydrogens (tertiary/aromatic N) is 3. The fourth-order valence-electron chi connectivity index (χ4n) is 1.83. The molecule has 0 saturated carbocycles. The van der Waals surface area contributed by atoms with E-state index in [-0.39, 0.29) is 0 Å². The molecule has 1 aliphatic heterocycles. The van der Waals surface area contributed by atoms with Crippen molar-refractivity contribution in [3.63, 3.8) is 0 Å². The van der Waals surface area contributed by atoms with Crippen molar-refractivity contribution >= 4 is 23.4 Å². The summed E-state index contributed by atoms with van der Waals surface area (Å²) in [6.45, 7) is 4.41. The maximum absolute atomic E-state index is 5.75. The van der Waals surface area contributed by atoms with Crippen molar-refractivity contribution in [3.8, 4) is 0 Å². The number of thioether (sulfide) groups is 1. The van der Waals surface area contributed by atoms with E-state index >= 15 is 0 Å². The molecule has 0 radical (unpaired) electrons. The van der Waals surface area contributed by atoms with E-state index in [4.69, 9.17) is 5.73 Å². The van der Waals surface area contributed by atoms with Gasteiger partial charge in [-0.15, -0.1) is 0 Å². The van der Waals surface area contributed by atoms with Gasteiger partial charge in [0, 0.05) is 19.2 Å². The number of hydrogen-bond donors (Lipinski definition) is 1. The first-order chi connectivity index (χ1) is 7.19. The monoisotopic (exact) mass is 224 g/mol. The zero-order chi connectivity index (χ0) is 10.8. The van der Waals surface area contributed by atoms with Gasteiger partial charge in [-0.3, -0.25) is 0 Å². The van der Waals surface area contributed by atoms with Gasteiger partial charge in [0.2, 0.25) is 0 Å². The van der Waals surface area contributed by atoms with Crippen LogP contribution in [0, 0.1) is 5.92 Å². The first-order valence-corrected chi connectivity index (χ1v) is 6.35. The van der Waals surface area contributed by atoms with Crippen molar-refractivity contribution in [3.05, 3.63) is 6.07 Å². The van der Waals surface area contributed by atoms with Crippen LogP contribution in [-0.4, -0.2) is 29.3 Å². The molecular weight excluding hydrogens is 208 g/mol. The van der Waals surface area contributed by atoms with E-state index < -0.39 is 0 Å². The topological polar surface area (TPSA) is 55.0 Å². The van der Waals surface area contributed by atoms with Gasteiger partial charge in [-0.05, 0) is 18.6 Å². The summed E-state index contributed by atoms with van der Waals surface area (Å²) in [6.07, 6.45) is 3.20. The molecule has 2 heterocycles. The lowest BCUT2D eigenvalue weighted by Crippen LogP contribution is -2.21. The van der Waals surface area contributed by atoms with Crippen LogP contribution in [0.4, 0.5) is 11.6 Å². The fraction of sp³-hybridized carbons (Fsp3) is 0.600. The molecule has 5 heteroatoms. The lowest BCUT2D eigenvalue weighted by atomic mass is 10.2. The minimum Gasteiger partial charge on any atom is -0.383 e. The predicted molar refractivity (Wildman–Crippen MR) is 64.2 cm³/mol. The normalized spacial score (nSPS) is 20.9. The minimum absolute atomic E-state index is 0.559. The van der Waals surface area contributed by atoms with Crippen molar-refractivity contribution in [2.45, 2.75) is 18.5 Å².